The highest BCUT2D eigenvalue weighted by Crippen LogP contribution is 2.27. The summed E-state index contributed by atoms with van der Waals surface area (Å²) >= 11 is 1.45. The second-order valence-electron chi connectivity index (χ2n) is 5.56. The maximum absolute atomic E-state index is 12.2. The zero-order chi connectivity index (χ0) is 18.6. The first-order valence-electron chi connectivity index (χ1n) is 8.36. The van der Waals surface area contributed by atoms with E-state index in [4.69, 9.17) is 9.47 Å². The summed E-state index contributed by atoms with van der Waals surface area (Å²) in [6, 6.07) is 13.0. The highest BCUT2D eigenvalue weighted by molar-refractivity contribution is 7.13. The molecule has 0 unspecified atom stereocenters. The summed E-state index contributed by atoms with van der Waals surface area (Å²) in [6.45, 7) is 2.40. The number of aliphatic imine (C=N–C) groups is 1. The molecule has 27 heavy (non-hydrogen) atoms. The van der Waals surface area contributed by atoms with E-state index in [1.807, 2.05) is 54.8 Å². The first-order chi connectivity index (χ1) is 13.2. The molecule has 0 bridgehead atoms. The number of rotatable bonds is 5. The molecule has 3 heterocycles. The van der Waals surface area contributed by atoms with Crippen LogP contribution in [0.25, 0.3) is 16.8 Å². The molecule has 2 aromatic heterocycles. The van der Waals surface area contributed by atoms with Crippen molar-refractivity contribution in [1.82, 2.24) is 9.97 Å². The smallest absolute Gasteiger partial charge is 0.363 e. The van der Waals surface area contributed by atoms with Gasteiger partial charge in [-0.3, -0.25) is 4.98 Å². The Hall–Kier alpha value is -3.32. The van der Waals surface area contributed by atoms with Crippen LogP contribution >= 0.6 is 11.3 Å². The summed E-state index contributed by atoms with van der Waals surface area (Å²) in [7, 11) is 0. The summed E-state index contributed by atoms with van der Waals surface area (Å²) in [5.41, 5.74) is 2.27. The van der Waals surface area contributed by atoms with Crippen molar-refractivity contribution in [3.63, 3.8) is 0 Å². The first kappa shape index (κ1) is 17.1. The predicted molar refractivity (Wildman–Crippen MR) is 104 cm³/mol. The van der Waals surface area contributed by atoms with Crippen molar-refractivity contribution in [3.05, 3.63) is 71.0 Å². The molecule has 7 heteroatoms. The van der Waals surface area contributed by atoms with Crippen molar-refractivity contribution in [2.45, 2.75) is 6.92 Å². The fraction of sp³-hybridized carbons (Fsp3) is 0.100. The minimum absolute atomic E-state index is 0.203. The van der Waals surface area contributed by atoms with Crippen molar-refractivity contribution < 1.29 is 14.3 Å². The lowest BCUT2D eigenvalue weighted by Gasteiger charge is -2.08. The third kappa shape index (κ3) is 3.63. The number of ether oxygens (including phenoxy) is 2. The Balaban J connectivity index is 1.63. The number of pyridine rings is 1. The monoisotopic (exact) mass is 377 g/mol. The van der Waals surface area contributed by atoms with Crippen molar-refractivity contribution >= 4 is 29.3 Å². The molecule has 6 nitrogen and oxygen atoms in total. The SMILES string of the molecule is CCOc1ccccc1C1=NC(=Cc2csc(-c3ccccn3)n2)C(=O)O1. The third-order valence-electron chi connectivity index (χ3n) is 3.73. The minimum atomic E-state index is -0.510. The molecular formula is C20H15N3O3S. The molecule has 3 aromatic rings. The number of esters is 1. The molecule has 134 valence electrons. The number of aromatic nitrogens is 2. The fourth-order valence-corrected chi connectivity index (χ4v) is 3.30. The van der Waals surface area contributed by atoms with Crippen LogP contribution in [0, 0.1) is 0 Å². The van der Waals surface area contributed by atoms with E-state index in [1.165, 1.54) is 11.3 Å². The second-order valence-corrected chi connectivity index (χ2v) is 6.42. The highest BCUT2D eigenvalue weighted by atomic mass is 32.1. The van der Waals surface area contributed by atoms with Gasteiger partial charge in [-0.05, 0) is 37.3 Å². The van der Waals surface area contributed by atoms with Crippen LogP contribution in [0.4, 0.5) is 0 Å². The van der Waals surface area contributed by atoms with Crippen molar-refractivity contribution in [1.29, 1.82) is 0 Å². The molecule has 1 aromatic carbocycles. The van der Waals surface area contributed by atoms with Gasteiger partial charge in [0.05, 0.1) is 23.6 Å². The standard InChI is InChI=1S/C20H15N3O3S/c1-2-25-17-9-4-3-7-14(17)18-23-16(20(24)26-18)11-13-12-27-19(22-13)15-8-5-6-10-21-15/h3-12H,2H2,1H3. The number of hydrogen-bond donors (Lipinski definition) is 0. The topological polar surface area (TPSA) is 73.7 Å². The number of thiazole rings is 1. The quantitative estimate of drug-likeness (QED) is 0.497. The average molecular weight is 377 g/mol. The second kappa shape index (κ2) is 7.51. The molecule has 0 aliphatic carbocycles. The normalized spacial score (nSPS) is 14.9. The maximum atomic E-state index is 12.2. The maximum Gasteiger partial charge on any atom is 0.363 e. The highest BCUT2D eigenvalue weighted by Gasteiger charge is 2.26. The van der Waals surface area contributed by atoms with Gasteiger partial charge >= 0.3 is 5.97 Å². The molecule has 0 spiro atoms. The lowest BCUT2D eigenvalue weighted by Crippen LogP contribution is -2.07. The zero-order valence-electron chi connectivity index (χ0n) is 14.5. The summed E-state index contributed by atoms with van der Waals surface area (Å²) in [4.78, 5) is 25.3. The molecule has 0 amide bonds. The Morgan fingerprint density at radius 1 is 1.19 bits per heavy atom. The summed E-state index contributed by atoms with van der Waals surface area (Å²) in [5.74, 6) is 0.345. The van der Waals surface area contributed by atoms with E-state index < -0.39 is 5.97 Å². The van der Waals surface area contributed by atoms with Gasteiger partial charge in [0, 0.05) is 11.6 Å². The van der Waals surface area contributed by atoms with Crippen LogP contribution in [-0.2, 0) is 9.53 Å². The van der Waals surface area contributed by atoms with Crippen LogP contribution in [0.5, 0.6) is 5.75 Å². The number of carbonyl (C=O) groups is 1. The Morgan fingerprint density at radius 2 is 2.04 bits per heavy atom. The summed E-state index contributed by atoms with van der Waals surface area (Å²) < 4.78 is 10.9. The fourth-order valence-electron chi connectivity index (χ4n) is 2.55. The van der Waals surface area contributed by atoms with Gasteiger partial charge < -0.3 is 9.47 Å². The molecule has 4 rings (SSSR count). The number of para-hydroxylation sites is 1. The molecule has 0 saturated heterocycles. The summed E-state index contributed by atoms with van der Waals surface area (Å²) in [6.07, 6.45) is 3.33. The third-order valence-corrected chi connectivity index (χ3v) is 4.61. The Morgan fingerprint density at radius 3 is 2.85 bits per heavy atom. The van der Waals surface area contributed by atoms with Gasteiger partial charge in [0.2, 0.25) is 5.90 Å². The van der Waals surface area contributed by atoms with E-state index >= 15 is 0 Å². The van der Waals surface area contributed by atoms with Gasteiger partial charge in [-0.1, -0.05) is 18.2 Å². The lowest BCUT2D eigenvalue weighted by molar-refractivity contribution is -0.129. The summed E-state index contributed by atoms with van der Waals surface area (Å²) in [5, 5.41) is 2.63. The van der Waals surface area contributed by atoms with Crippen LogP contribution in [0.2, 0.25) is 0 Å². The van der Waals surface area contributed by atoms with Gasteiger partial charge in [0.1, 0.15) is 10.8 Å². The van der Waals surface area contributed by atoms with Crippen LogP contribution in [-0.4, -0.2) is 28.4 Å². The zero-order valence-corrected chi connectivity index (χ0v) is 15.3. The Bertz CT molecular complexity index is 1040. The molecule has 0 N–H and O–H groups in total. The Labute approximate surface area is 159 Å². The van der Waals surface area contributed by atoms with Crippen LogP contribution in [0.3, 0.4) is 0 Å². The average Bonchev–Trinajstić information content (AvgIpc) is 3.31. The van der Waals surface area contributed by atoms with E-state index in [9.17, 15) is 4.79 Å². The van der Waals surface area contributed by atoms with Gasteiger partial charge in [-0.2, -0.15) is 0 Å². The van der Waals surface area contributed by atoms with Gasteiger partial charge in [0.25, 0.3) is 0 Å². The van der Waals surface area contributed by atoms with Gasteiger partial charge in [-0.15, -0.1) is 11.3 Å². The lowest BCUT2D eigenvalue weighted by atomic mass is 10.2. The van der Waals surface area contributed by atoms with Crippen molar-refractivity contribution in [2.24, 2.45) is 4.99 Å². The molecule has 0 saturated carbocycles. The van der Waals surface area contributed by atoms with E-state index in [2.05, 4.69) is 15.0 Å². The van der Waals surface area contributed by atoms with Crippen LogP contribution in [0.15, 0.2) is 64.7 Å². The number of cyclic esters (lactones) is 1. The van der Waals surface area contributed by atoms with Gasteiger partial charge in [0.15, 0.2) is 5.70 Å². The number of hydrogen-bond acceptors (Lipinski definition) is 7. The number of benzene rings is 1. The van der Waals surface area contributed by atoms with Crippen LogP contribution < -0.4 is 4.74 Å². The number of carbonyl (C=O) groups excluding carboxylic acids is 1. The Kier molecular flexibility index (Phi) is 4.76. The van der Waals surface area contributed by atoms with E-state index in [1.54, 1.807) is 12.3 Å². The molecule has 0 radical (unpaired) electrons. The van der Waals surface area contributed by atoms with Crippen LogP contribution in [0.1, 0.15) is 18.2 Å². The molecule has 0 fully saturated rings. The molecule has 1 aliphatic heterocycles. The van der Waals surface area contributed by atoms with E-state index in [0.717, 1.165) is 10.7 Å². The van der Waals surface area contributed by atoms with Crippen molar-refractivity contribution in [2.75, 3.05) is 6.61 Å². The predicted octanol–water partition coefficient (Wildman–Crippen LogP) is 3.95. The first-order valence-corrected chi connectivity index (χ1v) is 9.24. The molecular weight excluding hydrogens is 362 g/mol. The number of nitrogens with zero attached hydrogens (tertiary/aromatic N) is 3. The van der Waals surface area contributed by atoms with E-state index in [0.29, 0.717) is 23.6 Å². The van der Waals surface area contributed by atoms with Gasteiger partial charge in [-0.25, -0.2) is 14.8 Å². The van der Waals surface area contributed by atoms with Crippen molar-refractivity contribution in [3.8, 4) is 16.5 Å². The largest absolute Gasteiger partial charge is 0.493 e. The molecule has 1 aliphatic rings. The van der Waals surface area contributed by atoms with E-state index in [-0.39, 0.29) is 11.6 Å². The minimum Gasteiger partial charge on any atom is -0.493 e. The molecule has 0 atom stereocenters.